The first-order valence-corrected chi connectivity index (χ1v) is 5.48. The van der Waals surface area contributed by atoms with Crippen molar-refractivity contribution in [2.45, 2.75) is 26.0 Å². The lowest BCUT2D eigenvalue weighted by Crippen LogP contribution is -2.45. The Bertz CT molecular complexity index is 388. The van der Waals surface area contributed by atoms with Gasteiger partial charge in [-0.15, -0.1) is 0 Å². The molecule has 17 heavy (non-hydrogen) atoms. The summed E-state index contributed by atoms with van der Waals surface area (Å²) in [6.07, 6.45) is 0. The molecule has 0 unspecified atom stereocenters. The maximum Gasteiger partial charge on any atom is 0.326 e. The highest BCUT2D eigenvalue weighted by Gasteiger charge is 2.26. The van der Waals surface area contributed by atoms with E-state index in [4.69, 9.17) is 9.47 Å². The zero-order valence-corrected chi connectivity index (χ0v) is 10.7. The SMILES string of the molecule is CNC(C)(C)C(=O)OCc1cccc(OC)c1. The first kappa shape index (κ1) is 13.5. The van der Waals surface area contributed by atoms with Gasteiger partial charge >= 0.3 is 5.97 Å². The third-order valence-corrected chi connectivity index (χ3v) is 2.64. The van der Waals surface area contributed by atoms with Crippen molar-refractivity contribution in [3.63, 3.8) is 0 Å². The van der Waals surface area contributed by atoms with Crippen LogP contribution in [0, 0.1) is 0 Å². The lowest BCUT2D eigenvalue weighted by atomic mass is 10.1. The van der Waals surface area contributed by atoms with Crippen molar-refractivity contribution in [2.24, 2.45) is 0 Å². The number of hydrogen-bond donors (Lipinski definition) is 1. The fourth-order valence-corrected chi connectivity index (χ4v) is 1.19. The number of methoxy groups -OCH3 is 1. The molecule has 0 atom stereocenters. The monoisotopic (exact) mass is 237 g/mol. The number of esters is 1. The van der Waals surface area contributed by atoms with E-state index in [0.717, 1.165) is 11.3 Å². The third-order valence-electron chi connectivity index (χ3n) is 2.64. The van der Waals surface area contributed by atoms with Crippen molar-refractivity contribution >= 4 is 5.97 Å². The summed E-state index contributed by atoms with van der Waals surface area (Å²) in [6, 6.07) is 7.45. The van der Waals surface area contributed by atoms with Crippen LogP contribution < -0.4 is 10.1 Å². The zero-order chi connectivity index (χ0) is 12.9. The van der Waals surface area contributed by atoms with Crippen molar-refractivity contribution < 1.29 is 14.3 Å². The van der Waals surface area contributed by atoms with Crippen LogP contribution in [0.25, 0.3) is 0 Å². The van der Waals surface area contributed by atoms with Crippen LogP contribution in [0.15, 0.2) is 24.3 Å². The number of rotatable bonds is 5. The van der Waals surface area contributed by atoms with Gasteiger partial charge in [-0.3, -0.25) is 4.79 Å². The minimum absolute atomic E-state index is 0.251. The van der Waals surface area contributed by atoms with Gasteiger partial charge in [0.1, 0.15) is 17.9 Å². The largest absolute Gasteiger partial charge is 0.497 e. The van der Waals surface area contributed by atoms with Gasteiger partial charge in [0, 0.05) is 0 Å². The van der Waals surface area contributed by atoms with Crippen molar-refractivity contribution in [3.8, 4) is 5.75 Å². The van der Waals surface area contributed by atoms with Crippen LogP contribution in [0.3, 0.4) is 0 Å². The van der Waals surface area contributed by atoms with Crippen LogP contribution in [0.4, 0.5) is 0 Å². The number of ether oxygens (including phenoxy) is 2. The average molecular weight is 237 g/mol. The number of hydrogen-bond acceptors (Lipinski definition) is 4. The molecule has 4 nitrogen and oxygen atoms in total. The van der Waals surface area contributed by atoms with E-state index in [-0.39, 0.29) is 12.6 Å². The Hall–Kier alpha value is -1.55. The van der Waals surface area contributed by atoms with Crippen molar-refractivity contribution in [2.75, 3.05) is 14.2 Å². The molecule has 0 saturated heterocycles. The number of carbonyl (C=O) groups is 1. The summed E-state index contributed by atoms with van der Waals surface area (Å²) >= 11 is 0. The minimum atomic E-state index is -0.668. The molecule has 0 aliphatic heterocycles. The van der Waals surface area contributed by atoms with E-state index in [1.54, 1.807) is 28.0 Å². The number of nitrogens with one attached hydrogen (secondary N) is 1. The normalized spacial score (nSPS) is 11.1. The van der Waals surface area contributed by atoms with E-state index in [1.165, 1.54) is 0 Å². The minimum Gasteiger partial charge on any atom is -0.497 e. The fourth-order valence-electron chi connectivity index (χ4n) is 1.19. The Morgan fingerprint density at radius 1 is 1.41 bits per heavy atom. The first-order valence-electron chi connectivity index (χ1n) is 5.48. The second-order valence-electron chi connectivity index (χ2n) is 4.30. The van der Waals surface area contributed by atoms with E-state index in [9.17, 15) is 4.79 Å². The van der Waals surface area contributed by atoms with Gasteiger partial charge in [-0.05, 0) is 38.6 Å². The first-order chi connectivity index (χ1) is 7.99. The number of carbonyl (C=O) groups excluding carboxylic acids is 1. The number of benzene rings is 1. The second kappa shape index (κ2) is 5.68. The molecule has 0 radical (unpaired) electrons. The van der Waals surface area contributed by atoms with Crippen molar-refractivity contribution in [1.82, 2.24) is 5.32 Å². The van der Waals surface area contributed by atoms with Crippen LogP contribution >= 0.6 is 0 Å². The summed E-state index contributed by atoms with van der Waals surface area (Å²) in [7, 11) is 3.34. The Labute approximate surface area is 102 Å². The highest BCUT2D eigenvalue weighted by molar-refractivity contribution is 5.79. The quantitative estimate of drug-likeness (QED) is 0.792. The molecule has 1 N–H and O–H groups in total. The van der Waals surface area contributed by atoms with Crippen molar-refractivity contribution in [3.05, 3.63) is 29.8 Å². The van der Waals surface area contributed by atoms with Crippen LogP contribution in [0.5, 0.6) is 5.75 Å². The summed E-state index contributed by atoms with van der Waals surface area (Å²) in [5, 5.41) is 2.90. The summed E-state index contributed by atoms with van der Waals surface area (Å²) in [6.45, 7) is 3.81. The highest BCUT2D eigenvalue weighted by Crippen LogP contribution is 2.14. The molecule has 0 aromatic heterocycles. The second-order valence-corrected chi connectivity index (χ2v) is 4.30. The molecule has 0 saturated carbocycles. The molecule has 4 heteroatoms. The van der Waals surface area contributed by atoms with E-state index in [2.05, 4.69) is 5.32 Å². The van der Waals surface area contributed by atoms with Crippen LogP contribution in [-0.4, -0.2) is 25.7 Å². The van der Waals surface area contributed by atoms with Crippen molar-refractivity contribution in [1.29, 1.82) is 0 Å². The predicted molar refractivity (Wildman–Crippen MR) is 65.9 cm³/mol. The molecule has 0 amide bonds. The maximum absolute atomic E-state index is 11.7. The van der Waals surface area contributed by atoms with E-state index < -0.39 is 5.54 Å². The maximum atomic E-state index is 11.7. The van der Waals surface area contributed by atoms with Gasteiger partial charge < -0.3 is 14.8 Å². The molecule has 94 valence electrons. The highest BCUT2D eigenvalue weighted by atomic mass is 16.5. The average Bonchev–Trinajstić information content (AvgIpc) is 2.36. The van der Waals surface area contributed by atoms with Gasteiger partial charge in [-0.25, -0.2) is 0 Å². The molecule has 0 aliphatic rings. The molecule has 0 spiro atoms. The molecule has 0 bridgehead atoms. The molecule has 1 aromatic rings. The van der Waals surface area contributed by atoms with E-state index in [1.807, 2.05) is 24.3 Å². The molecular weight excluding hydrogens is 218 g/mol. The van der Waals surface area contributed by atoms with Gasteiger partial charge in [-0.2, -0.15) is 0 Å². The lowest BCUT2D eigenvalue weighted by Gasteiger charge is -2.21. The fraction of sp³-hybridized carbons (Fsp3) is 0.462. The topological polar surface area (TPSA) is 47.6 Å². The van der Waals surface area contributed by atoms with E-state index >= 15 is 0 Å². The standard InChI is InChI=1S/C13H19NO3/c1-13(2,14-3)12(15)17-9-10-6-5-7-11(8-10)16-4/h5-8,14H,9H2,1-4H3. The predicted octanol–water partition coefficient (Wildman–Crippen LogP) is 1.74. The summed E-state index contributed by atoms with van der Waals surface area (Å²) < 4.78 is 10.3. The lowest BCUT2D eigenvalue weighted by molar-refractivity contribution is -0.151. The number of likely N-dealkylation sites (N-methyl/N-ethyl adjacent to an activating group) is 1. The Morgan fingerprint density at radius 2 is 2.12 bits per heavy atom. The van der Waals surface area contributed by atoms with E-state index in [0.29, 0.717) is 0 Å². The molecule has 1 rings (SSSR count). The smallest absolute Gasteiger partial charge is 0.326 e. The molecule has 0 fully saturated rings. The Balaban J connectivity index is 2.58. The van der Waals surface area contributed by atoms with Gasteiger partial charge in [-0.1, -0.05) is 12.1 Å². The van der Waals surface area contributed by atoms with Gasteiger partial charge in [0.25, 0.3) is 0 Å². The summed E-state index contributed by atoms with van der Waals surface area (Å²) in [5.74, 6) is 0.481. The van der Waals surface area contributed by atoms with Crippen LogP contribution in [0.2, 0.25) is 0 Å². The van der Waals surface area contributed by atoms with Crippen LogP contribution in [-0.2, 0) is 16.1 Å². The molecule has 0 aliphatic carbocycles. The molecular formula is C13H19NO3. The molecule has 1 aromatic carbocycles. The third kappa shape index (κ3) is 3.75. The Morgan fingerprint density at radius 3 is 2.71 bits per heavy atom. The zero-order valence-electron chi connectivity index (χ0n) is 10.7. The summed E-state index contributed by atoms with van der Waals surface area (Å²) in [5.41, 5.74) is 0.239. The van der Waals surface area contributed by atoms with Gasteiger partial charge in [0.05, 0.1) is 7.11 Å². The summed E-state index contributed by atoms with van der Waals surface area (Å²) in [4.78, 5) is 11.7. The Kier molecular flexibility index (Phi) is 4.52. The van der Waals surface area contributed by atoms with Gasteiger partial charge in [0.2, 0.25) is 0 Å². The van der Waals surface area contributed by atoms with Crippen LogP contribution in [0.1, 0.15) is 19.4 Å². The van der Waals surface area contributed by atoms with Gasteiger partial charge in [0.15, 0.2) is 0 Å². The molecule has 0 heterocycles.